The highest BCUT2D eigenvalue weighted by atomic mass is 16.2. The maximum absolute atomic E-state index is 12.3. The van der Waals surface area contributed by atoms with Gasteiger partial charge in [0.1, 0.15) is 0 Å². The van der Waals surface area contributed by atoms with Crippen LogP contribution in [0.3, 0.4) is 0 Å². The monoisotopic (exact) mass is 297 g/mol. The smallest absolute Gasteiger partial charge is 0.223 e. The number of carbonyl (C=O) groups excluding carboxylic acids is 1. The molecule has 1 aromatic rings. The van der Waals surface area contributed by atoms with Crippen LogP contribution < -0.4 is 0 Å². The number of carbonyl (C=O) groups is 1. The molecule has 0 bridgehead atoms. The zero-order valence-corrected chi connectivity index (χ0v) is 13.4. The van der Waals surface area contributed by atoms with Crippen LogP contribution in [0.15, 0.2) is 42.5 Å². The minimum atomic E-state index is 0.373. The Labute approximate surface area is 134 Å². The van der Waals surface area contributed by atoms with Gasteiger partial charge in [-0.05, 0) is 55.9 Å². The first kappa shape index (κ1) is 15.3. The number of hydrogen-bond acceptors (Lipinski definition) is 1. The fraction of sp³-hybridized carbons (Fsp3) is 0.550. The van der Waals surface area contributed by atoms with Crippen LogP contribution in [0, 0.1) is 11.8 Å². The molecule has 3 rings (SSSR count). The molecule has 0 unspecified atom stereocenters. The van der Waals surface area contributed by atoms with Gasteiger partial charge in [-0.1, -0.05) is 42.5 Å². The predicted octanol–water partition coefficient (Wildman–Crippen LogP) is 4.21. The van der Waals surface area contributed by atoms with Crippen LogP contribution in [0.1, 0.15) is 44.1 Å². The van der Waals surface area contributed by atoms with Crippen LogP contribution in [-0.4, -0.2) is 23.9 Å². The zero-order valence-electron chi connectivity index (χ0n) is 13.4. The van der Waals surface area contributed by atoms with Gasteiger partial charge in [0.15, 0.2) is 0 Å². The summed E-state index contributed by atoms with van der Waals surface area (Å²) in [5.74, 6) is 1.66. The van der Waals surface area contributed by atoms with Crippen molar-refractivity contribution in [1.29, 1.82) is 0 Å². The van der Waals surface area contributed by atoms with Gasteiger partial charge in [0.25, 0.3) is 0 Å². The summed E-state index contributed by atoms with van der Waals surface area (Å²) >= 11 is 0. The number of nitrogens with zero attached hydrogens (tertiary/aromatic N) is 1. The SMILES string of the molecule is O=C(C[C@@H]1C=CCC1)N1CCC(CCc2ccccc2)CC1. The second-order valence-electron chi connectivity index (χ2n) is 6.82. The maximum atomic E-state index is 12.3. The van der Waals surface area contributed by atoms with Gasteiger partial charge in [-0.2, -0.15) is 0 Å². The molecule has 1 aliphatic carbocycles. The van der Waals surface area contributed by atoms with E-state index in [0.29, 0.717) is 11.8 Å². The van der Waals surface area contributed by atoms with Crippen LogP contribution in [0.5, 0.6) is 0 Å². The van der Waals surface area contributed by atoms with E-state index in [9.17, 15) is 4.79 Å². The third-order valence-electron chi connectivity index (χ3n) is 5.20. The van der Waals surface area contributed by atoms with E-state index in [1.54, 1.807) is 0 Å². The van der Waals surface area contributed by atoms with Gasteiger partial charge >= 0.3 is 0 Å². The summed E-state index contributed by atoms with van der Waals surface area (Å²) in [6, 6.07) is 10.7. The Kier molecular flexibility index (Phi) is 5.31. The molecule has 0 spiro atoms. The minimum Gasteiger partial charge on any atom is -0.343 e. The summed E-state index contributed by atoms with van der Waals surface area (Å²) in [4.78, 5) is 14.4. The number of piperidine rings is 1. The average Bonchev–Trinajstić information content (AvgIpc) is 3.07. The number of aryl methyl sites for hydroxylation is 1. The summed E-state index contributed by atoms with van der Waals surface area (Å²) in [5.41, 5.74) is 1.44. The highest BCUT2D eigenvalue weighted by Crippen LogP contribution is 2.25. The molecule has 0 N–H and O–H groups in total. The normalized spacial score (nSPS) is 22.2. The summed E-state index contributed by atoms with van der Waals surface area (Å²) in [7, 11) is 0. The van der Waals surface area contributed by atoms with Crippen molar-refractivity contribution in [3.8, 4) is 0 Å². The van der Waals surface area contributed by atoms with Crippen molar-refractivity contribution in [3.05, 3.63) is 48.0 Å². The van der Waals surface area contributed by atoms with Crippen molar-refractivity contribution in [3.63, 3.8) is 0 Å². The standard InChI is InChI=1S/C20H27NO/c22-20(16-19-8-4-5-9-19)21-14-12-18(13-15-21)11-10-17-6-2-1-3-7-17/h1-4,6-8,18-19H,5,9-16H2/t19-/m1/s1. The van der Waals surface area contributed by atoms with Crippen LogP contribution in [0.4, 0.5) is 0 Å². The zero-order chi connectivity index (χ0) is 15.2. The van der Waals surface area contributed by atoms with E-state index in [0.717, 1.165) is 31.8 Å². The Hall–Kier alpha value is -1.57. The molecule has 2 heteroatoms. The number of hydrogen-bond donors (Lipinski definition) is 0. The molecular formula is C20H27NO. The molecule has 2 nitrogen and oxygen atoms in total. The summed E-state index contributed by atoms with van der Waals surface area (Å²) in [6.07, 6.45) is 12.3. The Bertz CT molecular complexity index is 500. The lowest BCUT2D eigenvalue weighted by Crippen LogP contribution is -2.39. The lowest BCUT2D eigenvalue weighted by molar-refractivity contribution is -0.133. The van der Waals surface area contributed by atoms with Crippen LogP contribution in [-0.2, 0) is 11.2 Å². The van der Waals surface area contributed by atoms with Gasteiger partial charge in [-0.3, -0.25) is 4.79 Å². The van der Waals surface area contributed by atoms with Crippen LogP contribution in [0.2, 0.25) is 0 Å². The molecular weight excluding hydrogens is 270 g/mol. The lowest BCUT2D eigenvalue weighted by atomic mass is 9.90. The van der Waals surface area contributed by atoms with E-state index < -0.39 is 0 Å². The molecule has 0 aromatic heterocycles. The van der Waals surface area contributed by atoms with Gasteiger partial charge in [-0.15, -0.1) is 0 Å². The molecule has 22 heavy (non-hydrogen) atoms. The quantitative estimate of drug-likeness (QED) is 0.745. The van der Waals surface area contributed by atoms with E-state index in [-0.39, 0.29) is 0 Å². The molecule has 1 atom stereocenters. The van der Waals surface area contributed by atoms with Crippen molar-refractivity contribution in [1.82, 2.24) is 4.90 Å². The van der Waals surface area contributed by atoms with E-state index in [4.69, 9.17) is 0 Å². The van der Waals surface area contributed by atoms with Crippen LogP contribution in [0.25, 0.3) is 0 Å². The molecule has 1 saturated heterocycles. The number of rotatable bonds is 5. The Morgan fingerprint density at radius 1 is 1.09 bits per heavy atom. The molecule has 1 aliphatic heterocycles. The Balaban J connectivity index is 1.38. The van der Waals surface area contributed by atoms with Crippen molar-refractivity contribution in [2.24, 2.45) is 11.8 Å². The predicted molar refractivity (Wildman–Crippen MR) is 90.5 cm³/mol. The summed E-state index contributed by atoms with van der Waals surface area (Å²) < 4.78 is 0. The number of benzene rings is 1. The van der Waals surface area contributed by atoms with Gasteiger partial charge < -0.3 is 4.90 Å². The van der Waals surface area contributed by atoms with E-state index in [2.05, 4.69) is 47.4 Å². The number of amides is 1. The summed E-state index contributed by atoms with van der Waals surface area (Å²) in [6.45, 7) is 1.93. The third kappa shape index (κ3) is 4.22. The fourth-order valence-corrected chi connectivity index (χ4v) is 3.71. The third-order valence-corrected chi connectivity index (χ3v) is 5.20. The molecule has 118 valence electrons. The first-order valence-electron chi connectivity index (χ1n) is 8.79. The maximum Gasteiger partial charge on any atom is 0.223 e. The topological polar surface area (TPSA) is 20.3 Å². The van der Waals surface area contributed by atoms with Crippen molar-refractivity contribution < 1.29 is 4.79 Å². The largest absolute Gasteiger partial charge is 0.343 e. The first-order chi connectivity index (χ1) is 10.8. The molecule has 0 saturated carbocycles. The van der Waals surface area contributed by atoms with Gasteiger partial charge in [0.05, 0.1) is 0 Å². The van der Waals surface area contributed by atoms with Crippen LogP contribution >= 0.6 is 0 Å². The highest BCUT2D eigenvalue weighted by molar-refractivity contribution is 5.76. The van der Waals surface area contributed by atoms with E-state index in [1.165, 1.54) is 37.7 Å². The highest BCUT2D eigenvalue weighted by Gasteiger charge is 2.24. The average molecular weight is 297 g/mol. The van der Waals surface area contributed by atoms with Crippen molar-refractivity contribution in [2.45, 2.75) is 44.9 Å². The van der Waals surface area contributed by atoms with Crippen molar-refractivity contribution in [2.75, 3.05) is 13.1 Å². The molecule has 1 fully saturated rings. The molecule has 0 radical (unpaired) electrons. The van der Waals surface area contributed by atoms with Crippen molar-refractivity contribution >= 4 is 5.91 Å². The second-order valence-corrected chi connectivity index (χ2v) is 6.82. The first-order valence-corrected chi connectivity index (χ1v) is 8.79. The second kappa shape index (κ2) is 7.62. The minimum absolute atomic E-state index is 0.373. The Morgan fingerprint density at radius 3 is 2.55 bits per heavy atom. The number of allylic oxidation sites excluding steroid dienone is 2. The van der Waals surface area contributed by atoms with Gasteiger partial charge in [0, 0.05) is 19.5 Å². The van der Waals surface area contributed by atoms with Gasteiger partial charge in [-0.25, -0.2) is 0 Å². The van der Waals surface area contributed by atoms with Gasteiger partial charge in [0.2, 0.25) is 5.91 Å². The Morgan fingerprint density at radius 2 is 1.86 bits per heavy atom. The summed E-state index contributed by atoms with van der Waals surface area (Å²) in [5, 5.41) is 0. The molecule has 1 amide bonds. The molecule has 1 aromatic carbocycles. The molecule has 2 aliphatic rings. The van der Waals surface area contributed by atoms with E-state index >= 15 is 0 Å². The number of likely N-dealkylation sites (tertiary alicyclic amines) is 1. The fourth-order valence-electron chi connectivity index (χ4n) is 3.71. The lowest BCUT2D eigenvalue weighted by Gasteiger charge is -2.32. The van der Waals surface area contributed by atoms with E-state index in [1.807, 2.05) is 0 Å². The molecule has 1 heterocycles.